The highest BCUT2D eigenvalue weighted by atomic mass is 16.6. The van der Waals surface area contributed by atoms with Crippen LogP contribution in [0.5, 0.6) is 0 Å². The van der Waals surface area contributed by atoms with Gasteiger partial charge in [-0.25, -0.2) is 5.90 Å². The highest BCUT2D eigenvalue weighted by Crippen LogP contribution is 2.09. The Morgan fingerprint density at radius 1 is 1.46 bits per heavy atom. The van der Waals surface area contributed by atoms with Crippen molar-refractivity contribution in [3.05, 3.63) is 29.8 Å². The molecule has 13 heavy (non-hydrogen) atoms. The van der Waals surface area contributed by atoms with Crippen molar-refractivity contribution in [1.82, 2.24) is 0 Å². The maximum Gasteiger partial charge on any atom is 0.221 e. The van der Waals surface area contributed by atoms with E-state index < -0.39 is 0 Å². The van der Waals surface area contributed by atoms with E-state index in [1.807, 2.05) is 12.1 Å². The maximum atomic E-state index is 10.7. The van der Waals surface area contributed by atoms with Crippen molar-refractivity contribution in [1.29, 1.82) is 0 Å². The smallest absolute Gasteiger partial charge is 0.221 e. The lowest BCUT2D eigenvalue weighted by Crippen LogP contribution is -2.05. The molecule has 1 amide bonds. The van der Waals surface area contributed by atoms with E-state index in [9.17, 15) is 4.79 Å². The minimum Gasteiger partial charge on any atom is -0.326 e. The van der Waals surface area contributed by atoms with Crippen molar-refractivity contribution in [2.75, 3.05) is 5.32 Å². The second-order valence-electron chi connectivity index (χ2n) is 2.69. The molecule has 1 aromatic carbocycles. The molecule has 4 nitrogen and oxygen atoms in total. The first-order valence-electron chi connectivity index (χ1n) is 3.90. The van der Waals surface area contributed by atoms with Crippen molar-refractivity contribution in [3.63, 3.8) is 0 Å². The Morgan fingerprint density at radius 3 is 2.54 bits per heavy atom. The first-order valence-corrected chi connectivity index (χ1v) is 3.90. The summed E-state index contributed by atoms with van der Waals surface area (Å²) in [5.41, 5.74) is 1.74. The number of benzene rings is 1. The van der Waals surface area contributed by atoms with E-state index in [-0.39, 0.29) is 5.91 Å². The topological polar surface area (TPSA) is 64.3 Å². The average molecular weight is 180 g/mol. The van der Waals surface area contributed by atoms with Crippen molar-refractivity contribution in [2.45, 2.75) is 13.5 Å². The molecule has 0 atom stereocenters. The van der Waals surface area contributed by atoms with Crippen LogP contribution in [0.15, 0.2) is 24.3 Å². The molecule has 0 fully saturated rings. The monoisotopic (exact) mass is 180 g/mol. The second-order valence-corrected chi connectivity index (χ2v) is 2.69. The van der Waals surface area contributed by atoms with Crippen LogP contribution in [0, 0.1) is 0 Å². The van der Waals surface area contributed by atoms with Gasteiger partial charge >= 0.3 is 0 Å². The molecule has 1 rings (SSSR count). The molecule has 0 unspecified atom stereocenters. The van der Waals surface area contributed by atoms with Crippen LogP contribution >= 0.6 is 0 Å². The fourth-order valence-electron chi connectivity index (χ4n) is 0.984. The first kappa shape index (κ1) is 9.70. The van der Waals surface area contributed by atoms with Gasteiger partial charge in [0.05, 0.1) is 6.61 Å². The van der Waals surface area contributed by atoms with Gasteiger partial charge in [-0.1, -0.05) is 12.1 Å². The van der Waals surface area contributed by atoms with E-state index in [4.69, 9.17) is 5.90 Å². The highest BCUT2D eigenvalue weighted by Gasteiger charge is 1.95. The standard InChI is InChI=1S/C9H12N2O2/c1-7(12)11-9-4-2-8(3-5-9)6-13-10/h2-5H,6,10H2,1H3,(H,11,12). The van der Waals surface area contributed by atoms with Gasteiger partial charge in [-0.05, 0) is 17.7 Å². The summed E-state index contributed by atoms with van der Waals surface area (Å²) in [6.45, 7) is 1.84. The molecule has 0 spiro atoms. The fraction of sp³-hybridized carbons (Fsp3) is 0.222. The molecule has 0 saturated carbocycles. The summed E-state index contributed by atoms with van der Waals surface area (Å²) >= 11 is 0. The number of hydrogen-bond acceptors (Lipinski definition) is 3. The molecule has 1 aromatic rings. The highest BCUT2D eigenvalue weighted by molar-refractivity contribution is 5.88. The summed E-state index contributed by atoms with van der Waals surface area (Å²) in [6.07, 6.45) is 0. The average Bonchev–Trinajstić information content (AvgIpc) is 2.08. The van der Waals surface area contributed by atoms with E-state index in [0.29, 0.717) is 6.61 Å². The van der Waals surface area contributed by atoms with E-state index in [1.54, 1.807) is 12.1 Å². The number of anilines is 1. The number of rotatable bonds is 3. The molecule has 0 heterocycles. The normalized spacial score (nSPS) is 9.69. The minimum atomic E-state index is -0.0807. The van der Waals surface area contributed by atoms with Gasteiger partial charge in [-0.3, -0.25) is 9.63 Å². The van der Waals surface area contributed by atoms with Crippen LogP contribution in [0.4, 0.5) is 5.69 Å². The Bertz CT molecular complexity index is 282. The van der Waals surface area contributed by atoms with Crippen LogP contribution in [0.3, 0.4) is 0 Å². The van der Waals surface area contributed by atoms with Gasteiger partial charge in [-0.2, -0.15) is 0 Å². The zero-order valence-electron chi connectivity index (χ0n) is 7.41. The van der Waals surface area contributed by atoms with Gasteiger partial charge in [0, 0.05) is 12.6 Å². The predicted molar refractivity (Wildman–Crippen MR) is 49.7 cm³/mol. The molecule has 0 aromatic heterocycles. The zero-order chi connectivity index (χ0) is 9.68. The summed E-state index contributed by atoms with van der Waals surface area (Å²) < 4.78 is 0. The minimum absolute atomic E-state index is 0.0807. The van der Waals surface area contributed by atoms with Crippen LogP contribution in [0.25, 0.3) is 0 Å². The molecule has 3 N–H and O–H groups in total. The fourth-order valence-corrected chi connectivity index (χ4v) is 0.984. The van der Waals surface area contributed by atoms with Gasteiger partial charge in [0.2, 0.25) is 5.91 Å². The van der Waals surface area contributed by atoms with Crippen LogP contribution in [-0.2, 0) is 16.2 Å². The molecule has 0 bridgehead atoms. The molecule has 0 aliphatic heterocycles. The Hall–Kier alpha value is -1.39. The van der Waals surface area contributed by atoms with E-state index in [1.165, 1.54) is 6.92 Å². The number of nitrogens with two attached hydrogens (primary N) is 1. The summed E-state index contributed by atoms with van der Waals surface area (Å²) in [5, 5.41) is 2.66. The molecule has 0 aliphatic rings. The number of hydrogen-bond donors (Lipinski definition) is 2. The van der Waals surface area contributed by atoms with Gasteiger partial charge in [0.25, 0.3) is 0 Å². The third-order valence-electron chi connectivity index (χ3n) is 1.52. The van der Waals surface area contributed by atoms with Gasteiger partial charge < -0.3 is 5.32 Å². The second kappa shape index (κ2) is 4.59. The van der Waals surface area contributed by atoms with Crippen molar-refractivity contribution in [3.8, 4) is 0 Å². The van der Waals surface area contributed by atoms with Gasteiger partial charge in [-0.15, -0.1) is 0 Å². The van der Waals surface area contributed by atoms with Crippen molar-refractivity contribution >= 4 is 11.6 Å². The van der Waals surface area contributed by atoms with Crippen molar-refractivity contribution < 1.29 is 9.63 Å². The van der Waals surface area contributed by atoms with E-state index in [0.717, 1.165) is 11.3 Å². The Morgan fingerprint density at radius 2 is 2.08 bits per heavy atom. The number of carbonyl (C=O) groups excluding carboxylic acids is 1. The summed E-state index contributed by atoms with van der Waals surface area (Å²) in [7, 11) is 0. The Labute approximate surface area is 76.6 Å². The molecular formula is C9H12N2O2. The summed E-state index contributed by atoms with van der Waals surface area (Å²) in [4.78, 5) is 15.1. The molecule has 0 saturated heterocycles. The molecule has 0 aliphatic carbocycles. The number of amides is 1. The first-order chi connectivity index (χ1) is 6.22. The third-order valence-corrected chi connectivity index (χ3v) is 1.52. The lowest BCUT2D eigenvalue weighted by Gasteiger charge is -2.02. The summed E-state index contributed by atoms with van der Waals surface area (Å²) in [5.74, 6) is 4.83. The van der Waals surface area contributed by atoms with Crippen molar-refractivity contribution in [2.24, 2.45) is 5.90 Å². The van der Waals surface area contributed by atoms with Crippen LogP contribution in [-0.4, -0.2) is 5.91 Å². The largest absolute Gasteiger partial charge is 0.326 e. The van der Waals surface area contributed by atoms with E-state index >= 15 is 0 Å². The predicted octanol–water partition coefficient (Wildman–Crippen LogP) is 1.04. The van der Waals surface area contributed by atoms with Crippen LogP contribution < -0.4 is 11.2 Å². The zero-order valence-corrected chi connectivity index (χ0v) is 7.41. The maximum absolute atomic E-state index is 10.7. The van der Waals surface area contributed by atoms with Crippen LogP contribution in [0.2, 0.25) is 0 Å². The molecule has 0 radical (unpaired) electrons. The van der Waals surface area contributed by atoms with Gasteiger partial charge in [0.15, 0.2) is 0 Å². The Balaban J connectivity index is 2.64. The SMILES string of the molecule is CC(=O)Nc1ccc(CON)cc1. The summed E-state index contributed by atoms with van der Waals surface area (Å²) in [6, 6.07) is 7.29. The number of carbonyl (C=O) groups is 1. The molecular weight excluding hydrogens is 168 g/mol. The lowest BCUT2D eigenvalue weighted by molar-refractivity contribution is -0.114. The van der Waals surface area contributed by atoms with Gasteiger partial charge in [0.1, 0.15) is 0 Å². The lowest BCUT2D eigenvalue weighted by atomic mass is 10.2. The third kappa shape index (κ3) is 3.23. The Kier molecular flexibility index (Phi) is 3.42. The molecule has 4 heteroatoms. The van der Waals surface area contributed by atoms with E-state index in [2.05, 4.69) is 10.2 Å². The quantitative estimate of drug-likeness (QED) is 0.683. The van der Waals surface area contributed by atoms with Crippen LogP contribution in [0.1, 0.15) is 12.5 Å². The number of nitrogens with one attached hydrogen (secondary N) is 1. The molecule has 70 valence electrons.